The van der Waals surface area contributed by atoms with Gasteiger partial charge in [-0.1, -0.05) is 19.1 Å². The standard InChI is InChI=1S/C17H21N3O4/c1-4-14(12-5-7-13(24-3)8-6-12)18-15(21)11-20-10-9-16(22)19(2)17(20)23/h5-10,14H,4,11H2,1-3H3,(H,18,21). The number of aromatic nitrogens is 2. The predicted molar refractivity (Wildman–Crippen MR) is 90.1 cm³/mol. The lowest BCUT2D eigenvalue weighted by Gasteiger charge is -2.18. The van der Waals surface area contributed by atoms with E-state index in [0.29, 0.717) is 6.42 Å². The zero-order valence-corrected chi connectivity index (χ0v) is 14.0. The third kappa shape index (κ3) is 3.92. The van der Waals surface area contributed by atoms with E-state index >= 15 is 0 Å². The highest BCUT2D eigenvalue weighted by molar-refractivity contribution is 5.76. The summed E-state index contributed by atoms with van der Waals surface area (Å²) in [5.41, 5.74) is 0.0379. The minimum Gasteiger partial charge on any atom is -0.497 e. The number of rotatable bonds is 6. The molecule has 24 heavy (non-hydrogen) atoms. The molecular weight excluding hydrogens is 310 g/mol. The molecule has 0 aliphatic heterocycles. The highest BCUT2D eigenvalue weighted by Crippen LogP contribution is 2.19. The molecule has 1 unspecified atom stereocenters. The van der Waals surface area contributed by atoms with Crippen molar-refractivity contribution >= 4 is 5.91 Å². The van der Waals surface area contributed by atoms with Gasteiger partial charge >= 0.3 is 5.69 Å². The first-order valence-corrected chi connectivity index (χ1v) is 7.66. The maximum Gasteiger partial charge on any atom is 0.331 e. The van der Waals surface area contributed by atoms with Gasteiger partial charge in [-0.2, -0.15) is 0 Å². The van der Waals surface area contributed by atoms with Crippen LogP contribution in [0.3, 0.4) is 0 Å². The zero-order valence-electron chi connectivity index (χ0n) is 14.0. The fourth-order valence-corrected chi connectivity index (χ4v) is 2.39. The molecule has 2 aromatic rings. The molecule has 0 saturated heterocycles. The Bertz CT molecular complexity index is 821. The summed E-state index contributed by atoms with van der Waals surface area (Å²) in [4.78, 5) is 35.6. The number of ether oxygens (including phenoxy) is 1. The van der Waals surface area contributed by atoms with Gasteiger partial charge < -0.3 is 10.1 Å². The summed E-state index contributed by atoms with van der Waals surface area (Å²) in [5, 5.41) is 2.90. The average Bonchev–Trinajstić information content (AvgIpc) is 2.60. The van der Waals surface area contributed by atoms with Gasteiger partial charge in [-0.3, -0.25) is 18.7 Å². The van der Waals surface area contributed by atoms with Crippen molar-refractivity contribution < 1.29 is 9.53 Å². The van der Waals surface area contributed by atoms with Crippen LogP contribution < -0.4 is 21.3 Å². The molecule has 1 aromatic carbocycles. The van der Waals surface area contributed by atoms with Crippen LogP contribution in [0.25, 0.3) is 0 Å². The van der Waals surface area contributed by atoms with E-state index < -0.39 is 11.2 Å². The van der Waals surface area contributed by atoms with Crippen molar-refractivity contribution in [1.82, 2.24) is 14.5 Å². The fraction of sp³-hybridized carbons (Fsp3) is 0.353. The second-order valence-electron chi connectivity index (χ2n) is 5.42. The van der Waals surface area contributed by atoms with Crippen molar-refractivity contribution in [3.63, 3.8) is 0 Å². The quantitative estimate of drug-likeness (QED) is 0.850. The molecule has 1 N–H and O–H groups in total. The molecule has 2 rings (SSSR count). The maximum atomic E-state index is 12.2. The first-order chi connectivity index (χ1) is 11.5. The van der Waals surface area contributed by atoms with Crippen molar-refractivity contribution in [2.24, 2.45) is 7.05 Å². The van der Waals surface area contributed by atoms with Crippen LogP contribution in [0, 0.1) is 0 Å². The number of hydrogen-bond donors (Lipinski definition) is 1. The Hall–Kier alpha value is -2.83. The van der Waals surface area contributed by atoms with Gasteiger partial charge in [0.2, 0.25) is 5.91 Å². The van der Waals surface area contributed by atoms with Crippen LogP contribution in [0.4, 0.5) is 0 Å². The second-order valence-corrected chi connectivity index (χ2v) is 5.42. The molecular formula is C17H21N3O4. The van der Waals surface area contributed by atoms with Gasteiger partial charge in [0, 0.05) is 19.3 Å². The summed E-state index contributed by atoms with van der Waals surface area (Å²) in [5.74, 6) is 0.454. The molecule has 0 aliphatic carbocycles. The van der Waals surface area contributed by atoms with E-state index in [2.05, 4.69) is 5.32 Å². The zero-order chi connectivity index (χ0) is 17.7. The largest absolute Gasteiger partial charge is 0.497 e. The summed E-state index contributed by atoms with van der Waals surface area (Å²) in [7, 11) is 2.98. The van der Waals surface area contributed by atoms with Crippen LogP contribution in [0.2, 0.25) is 0 Å². The van der Waals surface area contributed by atoms with Crippen LogP contribution in [-0.4, -0.2) is 22.2 Å². The highest BCUT2D eigenvalue weighted by Gasteiger charge is 2.14. The molecule has 0 aliphatic rings. The van der Waals surface area contributed by atoms with Crippen LogP contribution in [0.15, 0.2) is 46.1 Å². The normalized spacial score (nSPS) is 11.8. The minimum atomic E-state index is -0.518. The van der Waals surface area contributed by atoms with Crippen LogP contribution in [0.1, 0.15) is 24.9 Å². The highest BCUT2D eigenvalue weighted by atomic mass is 16.5. The number of methoxy groups -OCH3 is 1. The van der Waals surface area contributed by atoms with E-state index in [1.165, 1.54) is 23.9 Å². The Morgan fingerprint density at radius 1 is 1.21 bits per heavy atom. The van der Waals surface area contributed by atoms with Gasteiger partial charge in [-0.25, -0.2) is 4.79 Å². The number of carbonyl (C=O) groups excluding carboxylic acids is 1. The molecule has 0 fully saturated rings. The Balaban J connectivity index is 2.10. The predicted octanol–water partition coefficient (Wildman–Crippen LogP) is 0.823. The van der Waals surface area contributed by atoms with Crippen LogP contribution in [-0.2, 0) is 18.4 Å². The van der Waals surface area contributed by atoms with Gasteiger partial charge in [0.15, 0.2) is 0 Å². The van der Waals surface area contributed by atoms with Gasteiger partial charge in [0.1, 0.15) is 12.3 Å². The van der Waals surface area contributed by atoms with E-state index in [0.717, 1.165) is 15.9 Å². The minimum absolute atomic E-state index is 0.139. The molecule has 1 aromatic heterocycles. The maximum absolute atomic E-state index is 12.2. The van der Waals surface area contributed by atoms with Crippen LogP contribution >= 0.6 is 0 Å². The Labute approximate surface area is 139 Å². The van der Waals surface area contributed by atoms with E-state index in [9.17, 15) is 14.4 Å². The van der Waals surface area contributed by atoms with Crippen molar-refractivity contribution in [2.45, 2.75) is 25.9 Å². The lowest BCUT2D eigenvalue weighted by molar-refractivity contribution is -0.122. The Kier molecular flexibility index (Phi) is 5.57. The molecule has 7 nitrogen and oxygen atoms in total. The topological polar surface area (TPSA) is 82.3 Å². The number of nitrogens with zero attached hydrogens (tertiary/aromatic N) is 2. The smallest absolute Gasteiger partial charge is 0.331 e. The summed E-state index contributed by atoms with van der Waals surface area (Å²) in [6.45, 7) is 1.83. The fourth-order valence-electron chi connectivity index (χ4n) is 2.39. The number of benzene rings is 1. The first-order valence-electron chi connectivity index (χ1n) is 7.66. The second kappa shape index (κ2) is 7.63. The summed E-state index contributed by atoms with van der Waals surface area (Å²) in [6, 6.07) is 8.56. The van der Waals surface area contributed by atoms with Crippen molar-refractivity contribution in [1.29, 1.82) is 0 Å². The average molecular weight is 331 g/mol. The van der Waals surface area contributed by atoms with E-state index in [1.807, 2.05) is 31.2 Å². The molecule has 7 heteroatoms. The molecule has 0 radical (unpaired) electrons. The molecule has 0 bridgehead atoms. The number of hydrogen-bond acceptors (Lipinski definition) is 4. The van der Waals surface area contributed by atoms with Crippen molar-refractivity contribution in [3.05, 3.63) is 62.9 Å². The number of nitrogens with one attached hydrogen (secondary N) is 1. The van der Waals surface area contributed by atoms with E-state index in [1.54, 1.807) is 7.11 Å². The van der Waals surface area contributed by atoms with Crippen molar-refractivity contribution in [3.8, 4) is 5.75 Å². The first kappa shape index (κ1) is 17.5. The third-order valence-electron chi connectivity index (χ3n) is 3.84. The Morgan fingerprint density at radius 2 is 1.88 bits per heavy atom. The van der Waals surface area contributed by atoms with Gasteiger partial charge in [-0.05, 0) is 24.1 Å². The number of amides is 1. The van der Waals surface area contributed by atoms with E-state index in [4.69, 9.17) is 4.74 Å². The van der Waals surface area contributed by atoms with Crippen molar-refractivity contribution in [2.75, 3.05) is 7.11 Å². The third-order valence-corrected chi connectivity index (χ3v) is 3.84. The van der Waals surface area contributed by atoms with E-state index in [-0.39, 0.29) is 18.5 Å². The lowest BCUT2D eigenvalue weighted by Crippen LogP contribution is -2.40. The van der Waals surface area contributed by atoms with Gasteiger partial charge in [0.25, 0.3) is 5.56 Å². The molecule has 1 atom stereocenters. The molecule has 0 spiro atoms. The van der Waals surface area contributed by atoms with Gasteiger partial charge in [-0.15, -0.1) is 0 Å². The molecule has 0 saturated carbocycles. The van der Waals surface area contributed by atoms with Crippen LogP contribution in [0.5, 0.6) is 5.75 Å². The monoisotopic (exact) mass is 331 g/mol. The SMILES string of the molecule is CCC(NC(=O)Cn1ccc(=O)n(C)c1=O)c1ccc(OC)cc1. The Morgan fingerprint density at radius 3 is 2.46 bits per heavy atom. The summed E-state index contributed by atoms with van der Waals surface area (Å²) < 4.78 is 7.30. The summed E-state index contributed by atoms with van der Waals surface area (Å²) >= 11 is 0. The molecule has 1 heterocycles. The molecule has 128 valence electrons. The van der Waals surface area contributed by atoms with Gasteiger partial charge in [0.05, 0.1) is 13.2 Å². The lowest BCUT2D eigenvalue weighted by atomic mass is 10.0. The number of carbonyl (C=O) groups is 1. The molecule has 1 amide bonds. The summed E-state index contributed by atoms with van der Waals surface area (Å²) in [6.07, 6.45) is 2.04.